The third-order valence-corrected chi connectivity index (χ3v) is 3.86. The Bertz CT molecular complexity index is 288. The van der Waals surface area contributed by atoms with Gasteiger partial charge in [0.25, 0.3) is 0 Å². The smallest absolute Gasteiger partial charge is 0.0983 e. The van der Waals surface area contributed by atoms with Gasteiger partial charge in [0.2, 0.25) is 0 Å². The van der Waals surface area contributed by atoms with Crippen LogP contribution in [0, 0.1) is 5.41 Å². The first-order valence-electron chi connectivity index (χ1n) is 5.52. The molecule has 78 valence electrons. The number of hydrogen-bond donors (Lipinski definition) is 0. The molecule has 1 unspecified atom stereocenters. The van der Waals surface area contributed by atoms with Crippen LogP contribution in [0.1, 0.15) is 40.0 Å². The topological polar surface area (TPSA) is 9.23 Å². The van der Waals surface area contributed by atoms with Crippen molar-refractivity contribution in [3.05, 3.63) is 24.3 Å². The van der Waals surface area contributed by atoms with Crippen molar-refractivity contribution < 1.29 is 4.74 Å². The predicted molar refractivity (Wildman–Crippen MR) is 59.2 cm³/mol. The summed E-state index contributed by atoms with van der Waals surface area (Å²) in [6.45, 7) is 10.9. The molecule has 2 atom stereocenters. The molecule has 1 aliphatic carbocycles. The second-order valence-corrected chi connectivity index (χ2v) is 5.31. The van der Waals surface area contributed by atoms with E-state index in [1.54, 1.807) is 0 Å². The van der Waals surface area contributed by atoms with Crippen LogP contribution in [0.5, 0.6) is 0 Å². The van der Waals surface area contributed by atoms with E-state index < -0.39 is 0 Å². The molecule has 0 amide bonds. The lowest BCUT2D eigenvalue weighted by Gasteiger charge is -2.46. The Morgan fingerprint density at radius 3 is 2.71 bits per heavy atom. The third kappa shape index (κ3) is 1.18. The minimum absolute atomic E-state index is 0.0822. The van der Waals surface area contributed by atoms with Gasteiger partial charge in [-0.15, -0.1) is 0 Å². The Hall–Kier alpha value is -0.560. The quantitative estimate of drug-likeness (QED) is 0.571. The molecule has 0 saturated carbocycles. The highest BCUT2D eigenvalue weighted by molar-refractivity contribution is 5.34. The molecule has 0 aromatic heterocycles. The fraction of sp³-hybridized carbons (Fsp3) is 0.692. The maximum absolute atomic E-state index is 6.17. The van der Waals surface area contributed by atoms with E-state index in [4.69, 9.17) is 4.74 Å². The summed E-state index contributed by atoms with van der Waals surface area (Å²) >= 11 is 0. The number of ether oxygens (including phenoxy) is 1. The molecule has 1 fully saturated rings. The molecule has 2 aliphatic rings. The molecule has 0 N–H and O–H groups in total. The molecule has 1 heteroatoms. The molecule has 1 saturated heterocycles. The molecule has 2 rings (SSSR count). The zero-order chi connectivity index (χ0) is 10.4. The molecule has 0 bridgehead atoms. The van der Waals surface area contributed by atoms with Crippen LogP contribution >= 0.6 is 0 Å². The normalized spacial score (nSPS) is 40.8. The van der Waals surface area contributed by atoms with Gasteiger partial charge in [0.1, 0.15) is 0 Å². The summed E-state index contributed by atoms with van der Waals surface area (Å²) in [4.78, 5) is 0. The fourth-order valence-electron chi connectivity index (χ4n) is 2.83. The molecule has 0 aromatic rings. The number of rotatable bonds is 0. The van der Waals surface area contributed by atoms with Gasteiger partial charge < -0.3 is 4.74 Å². The standard InChI is InChI=1S/C13H20O/c1-10-6-5-8-12(3,4)13(10)9-7-11(2)14-13/h5-6,11H,1,7-9H2,2-4H3/t11?,13-/m0/s1. The maximum atomic E-state index is 6.17. The summed E-state index contributed by atoms with van der Waals surface area (Å²) in [6, 6.07) is 0. The first-order chi connectivity index (χ1) is 6.48. The van der Waals surface area contributed by atoms with Crippen LogP contribution in [0.3, 0.4) is 0 Å². The number of allylic oxidation sites excluding steroid dienone is 1. The first kappa shape index (κ1) is 9.97. The summed E-state index contributed by atoms with van der Waals surface area (Å²) in [6.07, 6.45) is 8.14. The SMILES string of the molecule is C=C1C=CCC(C)(C)[C@]12CCC(C)O2. The van der Waals surface area contributed by atoms with Gasteiger partial charge in [-0.3, -0.25) is 0 Å². The average molecular weight is 192 g/mol. The van der Waals surface area contributed by atoms with E-state index in [0.717, 1.165) is 24.8 Å². The van der Waals surface area contributed by atoms with Gasteiger partial charge in [0, 0.05) is 5.41 Å². The Balaban J connectivity index is 2.39. The predicted octanol–water partition coefficient (Wildman–Crippen LogP) is 3.47. The number of hydrogen-bond acceptors (Lipinski definition) is 1. The Morgan fingerprint density at radius 1 is 1.50 bits per heavy atom. The zero-order valence-corrected chi connectivity index (χ0v) is 9.47. The van der Waals surface area contributed by atoms with Gasteiger partial charge in [0.15, 0.2) is 0 Å². The highest BCUT2D eigenvalue weighted by atomic mass is 16.5. The lowest BCUT2D eigenvalue weighted by molar-refractivity contribution is -0.0828. The first-order valence-corrected chi connectivity index (χ1v) is 5.52. The van der Waals surface area contributed by atoms with E-state index in [-0.39, 0.29) is 11.0 Å². The van der Waals surface area contributed by atoms with Crippen molar-refractivity contribution in [2.24, 2.45) is 5.41 Å². The van der Waals surface area contributed by atoms with Crippen molar-refractivity contribution in [2.75, 3.05) is 0 Å². The molecule has 14 heavy (non-hydrogen) atoms. The third-order valence-electron chi connectivity index (χ3n) is 3.86. The van der Waals surface area contributed by atoms with Crippen LogP contribution in [0.4, 0.5) is 0 Å². The molecule has 0 aromatic carbocycles. The molecule has 1 nitrogen and oxygen atoms in total. The minimum atomic E-state index is -0.0822. The van der Waals surface area contributed by atoms with Crippen LogP contribution in [0.2, 0.25) is 0 Å². The van der Waals surface area contributed by atoms with Gasteiger partial charge in [0.05, 0.1) is 11.7 Å². The van der Waals surface area contributed by atoms with E-state index in [2.05, 4.69) is 39.5 Å². The Morgan fingerprint density at radius 2 is 2.21 bits per heavy atom. The van der Waals surface area contributed by atoms with Crippen LogP contribution in [-0.4, -0.2) is 11.7 Å². The summed E-state index contributed by atoms with van der Waals surface area (Å²) in [5.41, 5.74) is 1.28. The van der Waals surface area contributed by atoms with Crippen molar-refractivity contribution in [3.63, 3.8) is 0 Å². The summed E-state index contributed by atoms with van der Waals surface area (Å²) in [7, 11) is 0. The van der Waals surface area contributed by atoms with Crippen LogP contribution in [-0.2, 0) is 4.74 Å². The summed E-state index contributed by atoms with van der Waals surface area (Å²) in [5, 5.41) is 0. The van der Waals surface area contributed by atoms with Crippen molar-refractivity contribution in [1.82, 2.24) is 0 Å². The zero-order valence-electron chi connectivity index (χ0n) is 9.47. The molecule has 1 heterocycles. The summed E-state index contributed by atoms with van der Waals surface area (Å²) < 4.78 is 6.17. The van der Waals surface area contributed by atoms with Gasteiger partial charge in [-0.2, -0.15) is 0 Å². The highest BCUT2D eigenvalue weighted by Gasteiger charge is 2.52. The van der Waals surface area contributed by atoms with Crippen LogP contribution in [0.15, 0.2) is 24.3 Å². The molecule has 1 spiro atoms. The fourth-order valence-corrected chi connectivity index (χ4v) is 2.83. The molecule has 1 aliphatic heterocycles. The second-order valence-electron chi connectivity index (χ2n) is 5.31. The molecular formula is C13H20O. The monoisotopic (exact) mass is 192 g/mol. The van der Waals surface area contributed by atoms with Crippen molar-refractivity contribution in [2.45, 2.75) is 51.7 Å². The van der Waals surface area contributed by atoms with Gasteiger partial charge in [-0.05, 0) is 31.8 Å². The summed E-state index contributed by atoms with van der Waals surface area (Å²) in [5.74, 6) is 0. The molecule has 0 radical (unpaired) electrons. The van der Waals surface area contributed by atoms with E-state index in [0.29, 0.717) is 6.10 Å². The van der Waals surface area contributed by atoms with Gasteiger partial charge in [-0.1, -0.05) is 32.6 Å². The van der Waals surface area contributed by atoms with E-state index in [1.165, 1.54) is 0 Å². The minimum Gasteiger partial charge on any atom is -0.367 e. The largest absolute Gasteiger partial charge is 0.367 e. The lowest BCUT2D eigenvalue weighted by Crippen LogP contribution is -2.47. The van der Waals surface area contributed by atoms with Crippen molar-refractivity contribution in [3.8, 4) is 0 Å². The van der Waals surface area contributed by atoms with Crippen molar-refractivity contribution in [1.29, 1.82) is 0 Å². The second kappa shape index (κ2) is 2.96. The highest BCUT2D eigenvalue weighted by Crippen LogP contribution is 2.52. The Kier molecular flexibility index (Phi) is 2.11. The van der Waals surface area contributed by atoms with Gasteiger partial charge in [-0.25, -0.2) is 0 Å². The average Bonchev–Trinajstić information content (AvgIpc) is 2.46. The van der Waals surface area contributed by atoms with E-state index in [1.807, 2.05) is 0 Å². The lowest BCUT2D eigenvalue weighted by atomic mass is 9.65. The maximum Gasteiger partial charge on any atom is 0.0983 e. The van der Waals surface area contributed by atoms with Crippen LogP contribution < -0.4 is 0 Å². The van der Waals surface area contributed by atoms with E-state index >= 15 is 0 Å². The van der Waals surface area contributed by atoms with Crippen molar-refractivity contribution >= 4 is 0 Å². The van der Waals surface area contributed by atoms with Gasteiger partial charge >= 0.3 is 0 Å². The Labute approximate surface area is 86.8 Å². The van der Waals surface area contributed by atoms with Crippen LogP contribution in [0.25, 0.3) is 0 Å². The van der Waals surface area contributed by atoms with E-state index in [9.17, 15) is 0 Å². The molecular weight excluding hydrogens is 172 g/mol.